The second-order valence-corrected chi connectivity index (χ2v) is 7.65. The van der Waals surface area contributed by atoms with Gasteiger partial charge in [0.1, 0.15) is 17.6 Å². The molecule has 0 aromatic heterocycles. The molecule has 1 atom stereocenters. The van der Waals surface area contributed by atoms with E-state index in [1.807, 2.05) is 43.3 Å². The number of phenols is 1. The van der Waals surface area contributed by atoms with E-state index >= 15 is 0 Å². The van der Waals surface area contributed by atoms with E-state index in [2.05, 4.69) is 0 Å². The molecule has 0 saturated carbocycles. The van der Waals surface area contributed by atoms with Crippen molar-refractivity contribution in [3.63, 3.8) is 0 Å². The number of hydrogen-bond donors (Lipinski definition) is 1. The quantitative estimate of drug-likeness (QED) is 0.613. The molecule has 4 nitrogen and oxygen atoms in total. The van der Waals surface area contributed by atoms with Gasteiger partial charge in [-0.3, -0.25) is 9.69 Å². The third kappa shape index (κ3) is 3.02. The lowest BCUT2D eigenvalue weighted by Gasteiger charge is -2.23. The number of ether oxygens (including phenoxy) is 1. The third-order valence-corrected chi connectivity index (χ3v) is 5.52. The number of phenolic OH excluding ortho intramolecular Hbond substituents is 1. The molecule has 1 fully saturated rings. The molecular formula is C20H15NO3S2. The minimum atomic E-state index is -0.169. The highest BCUT2D eigenvalue weighted by Gasteiger charge is 2.34. The Morgan fingerprint density at radius 3 is 2.69 bits per heavy atom. The monoisotopic (exact) mass is 381 g/mol. The molecule has 2 aliphatic rings. The average Bonchev–Trinajstić information content (AvgIpc) is 2.90. The number of benzene rings is 2. The normalized spacial score (nSPS) is 20.8. The smallest absolute Gasteiger partial charge is 0.270 e. The maximum absolute atomic E-state index is 12.8. The molecule has 4 rings (SSSR count). The van der Waals surface area contributed by atoms with Crippen LogP contribution in [0.25, 0.3) is 6.08 Å². The summed E-state index contributed by atoms with van der Waals surface area (Å²) < 4.78 is 6.40. The van der Waals surface area contributed by atoms with Crippen molar-refractivity contribution >= 4 is 46.0 Å². The Labute approximate surface area is 160 Å². The molecule has 1 N–H and O–H groups in total. The molecule has 2 heterocycles. The number of amides is 1. The van der Waals surface area contributed by atoms with Gasteiger partial charge in [0.05, 0.1) is 10.6 Å². The van der Waals surface area contributed by atoms with Gasteiger partial charge < -0.3 is 9.84 Å². The number of thiocarbonyl (C=S) groups is 1. The van der Waals surface area contributed by atoms with Gasteiger partial charge in [-0.25, -0.2) is 0 Å². The van der Waals surface area contributed by atoms with Crippen molar-refractivity contribution in [2.24, 2.45) is 0 Å². The van der Waals surface area contributed by atoms with Crippen molar-refractivity contribution in [2.45, 2.75) is 13.0 Å². The van der Waals surface area contributed by atoms with Crippen molar-refractivity contribution in [2.75, 3.05) is 4.90 Å². The molecule has 0 spiro atoms. The molecule has 6 heteroatoms. The van der Waals surface area contributed by atoms with Crippen LogP contribution in [-0.4, -0.2) is 21.4 Å². The summed E-state index contributed by atoms with van der Waals surface area (Å²) >= 11 is 6.65. The van der Waals surface area contributed by atoms with Gasteiger partial charge in [0.25, 0.3) is 5.91 Å². The molecule has 1 amide bonds. The van der Waals surface area contributed by atoms with E-state index in [9.17, 15) is 9.90 Å². The van der Waals surface area contributed by atoms with Crippen LogP contribution >= 0.6 is 24.0 Å². The highest BCUT2D eigenvalue weighted by atomic mass is 32.2. The van der Waals surface area contributed by atoms with Gasteiger partial charge in [0.15, 0.2) is 4.32 Å². The Hall–Kier alpha value is -2.57. The fraction of sp³-hybridized carbons (Fsp3) is 0.100. The van der Waals surface area contributed by atoms with Crippen LogP contribution in [0.4, 0.5) is 5.69 Å². The SMILES string of the molecule is C[C@@H]1Oc2ccccc2C=C1/C=C1\SC(=S)N(c2ccc(O)cc2)C1=O. The zero-order chi connectivity index (χ0) is 18.3. The lowest BCUT2D eigenvalue weighted by Crippen LogP contribution is -2.27. The topological polar surface area (TPSA) is 49.8 Å². The predicted octanol–water partition coefficient (Wildman–Crippen LogP) is 4.51. The van der Waals surface area contributed by atoms with Crippen molar-refractivity contribution in [1.29, 1.82) is 0 Å². The van der Waals surface area contributed by atoms with Crippen LogP contribution in [0.5, 0.6) is 11.5 Å². The highest BCUT2D eigenvalue weighted by molar-refractivity contribution is 8.27. The summed E-state index contributed by atoms with van der Waals surface area (Å²) in [5.74, 6) is 0.818. The Morgan fingerprint density at radius 2 is 1.92 bits per heavy atom. The Kier molecular flexibility index (Phi) is 4.30. The first-order chi connectivity index (χ1) is 12.5. The van der Waals surface area contributed by atoms with Gasteiger partial charge >= 0.3 is 0 Å². The Balaban J connectivity index is 1.66. The number of thioether (sulfide) groups is 1. The van der Waals surface area contributed by atoms with Crippen LogP contribution in [-0.2, 0) is 4.79 Å². The Bertz CT molecular complexity index is 963. The molecule has 0 bridgehead atoms. The number of carbonyl (C=O) groups is 1. The van der Waals surface area contributed by atoms with Gasteiger partial charge in [-0.15, -0.1) is 0 Å². The summed E-state index contributed by atoms with van der Waals surface area (Å²) in [5, 5.41) is 9.43. The largest absolute Gasteiger partial charge is 0.508 e. The summed E-state index contributed by atoms with van der Waals surface area (Å²) in [4.78, 5) is 14.9. The maximum atomic E-state index is 12.8. The van der Waals surface area contributed by atoms with Crippen LogP contribution in [0.15, 0.2) is 65.1 Å². The lowest BCUT2D eigenvalue weighted by atomic mass is 10.0. The summed E-state index contributed by atoms with van der Waals surface area (Å²) in [7, 11) is 0. The van der Waals surface area contributed by atoms with E-state index < -0.39 is 0 Å². The fourth-order valence-electron chi connectivity index (χ4n) is 2.86. The molecular weight excluding hydrogens is 366 g/mol. The van der Waals surface area contributed by atoms with E-state index in [0.29, 0.717) is 14.9 Å². The molecule has 0 radical (unpaired) electrons. The minimum absolute atomic E-state index is 0.145. The molecule has 26 heavy (non-hydrogen) atoms. The number of nitrogens with zero attached hydrogens (tertiary/aromatic N) is 1. The maximum Gasteiger partial charge on any atom is 0.270 e. The van der Waals surface area contributed by atoms with Crippen molar-refractivity contribution in [3.8, 4) is 11.5 Å². The lowest BCUT2D eigenvalue weighted by molar-refractivity contribution is -0.113. The minimum Gasteiger partial charge on any atom is -0.508 e. The van der Waals surface area contributed by atoms with Crippen LogP contribution in [0, 0.1) is 0 Å². The zero-order valence-electron chi connectivity index (χ0n) is 13.9. The van der Waals surface area contributed by atoms with E-state index in [-0.39, 0.29) is 17.8 Å². The van der Waals surface area contributed by atoms with Gasteiger partial charge in [0, 0.05) is 5.56 Å². The van der Waals surface area contributed by atoms with Gasteiger partial charge in [-0.05, 0) is 55.0 Å². The van der Waals surface area contributed by atoms with Crippen LogP contribution in [0.1, 0.15) is 12.5 Å². The number of para-hydroxylation sites is 1. The first-order valence-electron chi connectivity index (χ1n) is 8.07. The van der Waals surface area contributed by atoms with Crippen LogP contribution < -0.4 is 9.64 Å². The highest BCUT2D eigenvalue weighted by Crippen LogP contribution is 2.38. The standard InChI is InChI=1S/C20H15NO3S2/c1-12-14(10-13-4-2-3-5-17(13)24-12)11-18-19(23)21(20(25)26-18)15-6-8-16(22)9-7-15/h2-12,22H,1H3/b18-11-/t12-/m0/s1. The van der Waals surface area contributed by atoms with Gasteiger partial charge in [-0.1, -0.05) is 42.2 Å². The Morgan fingerprint density at radius 1 is 1.19 bits per heavy atom. The number of hydrogen-bond acceptors (Lipinski definition) is 5. The molecule has 0 unspecified atom stereocenters. The second kappa shape index (κ2) is 6.63. The second-order valence-electron chi connectivity index (χ2n) is 5.98. The first-order valence-corrected chi connectivity index (χ1v) is 9.29. The third-order valence-electron chi connectivity index (χ3n) is 4.21. The zero-order valence-corrected chi connectivity index (χ0v) is 15.5. The van der Waals surface area contributed by atoms with Crippen molar-refractivity contribution in [3.05, 3.63) is 70.6 Å². The van der Waals surface area contributed by atoms with Crippen molar-refractivity contribution in [1.82, 2.24) is 0 Å². The van der Waals surface area contributed by atoms with Crippen LogP contribution in [0.3, 0.4) is 0 Å². The van der Waals surface area contributed by atoms with Gasteiger partial charge in [-0.2, -0.15) is 0 Å². The molecule has 130 valence electrons. The molecule has 2 aromatic carbocycles. The van der Waals surface area contributed by atoms with E-state index in [4.69, 9.17) is 17.0 Å². The average molecular weight is 381 g/mol. The van der Waals surface area contributed by atoms with E-state index in [0.717, 1.165) is 16.9 Å². The molecule has 2 aliphatic heterocycles. The fourth-order valence-corrected chi connectivity index (χ4v) is 4.16. The van der Waals surface area contributed by atoms with E-state index in [1.54, 1.807) is 12.1 Å². The molecule has 2 aromatic rings. The predicted molar refractivity (Wildman–Crippen MR) is 108 cm³/mol. The summed E-state index contributed by atoms with van der Waals surface area (Å²) in [6.45, 7) is 1.96. The van der Waals surface area contributed by atoms with Crippen LogP contribution in [0.2, 0.25) is 0 Å². The number of carbonyl (C=O) groups excluding carboxylic acids is 1. The number of rotatable bonds is 2. The number of fused-ring (bicyclic) bond motifs is 1. The summed E-state index contributed by atoms with van der Waals surface area (Å²) in [6.07, 6.45) is 3.73. The molecule has 0 aliphatic carbocycles. The number of aromatic hydroxyl groups is 1. The van der Waals surface area contributed by atoms with Gasteiger partial charge in [0.2, 0.25) is 0 Å². The summed E-state index contributed by atoms with van der Waals surface area (Å²) in [5.41, 5.74) is 2.56. The number of anilines is 1. The summed E-state index contributed by atoms with van der Waals surface area (Å²) in [6, 6.07) is 14.2. The first kappa shape index (κ1) is 16.9. The molecule has 1 saturated heterocycles. The van der Waals surface area contributed by atoms with E-state index in [1.165, 1.54) is 28.8 Å². The van der Waals surface area contributed by atoms with Crippen molar-refractivity contribution < 1.29 is 14.6 Å².